The maximum atomic E-state index is 13.1. The van der Waals surface area contributed by atoms with Crippen LogP contribution >= 0.6 is 11.3 Å². The van der Waals surface area contributed by atoms with Crippen molar-refractivity contribution in [3.05, 3.63) is 26.6 Å². The first-order valence-corrected chi connectivity index (χ1v) is 10.5. The molecule has 1 N–H and O–H groups in total. The van der Waals surface area contributed by atoms with Crippen LogP contribution in [0.5, 0.6) is 0 Å². The molecule has 26 heavy (non-hydrogen) atoms. The Hall–Kier alpha value is -1.73. The standard InChI is InChI=1S/C19H24N4O2S/c1-11-15-17(21-14-5-3-2-4-6-23(14)18(15)24)26-16(11)19(25)22-9-12-7-20-8-13(12)10-22/h12-13,20H,2-10H2,1H3/t12-,13+. The molecule has 2 saturated heterocycles. The minimum absolute atomic E-state index is 0.0437. The van der Waals surface area contributed by atoms with Gasteiger partial charge in [0.2, 0.25) is 0 Å². The summed E-state index contributed by atoms with van der Waals surface area (Å²) in [6.07, 6.45) is 4.11. The van der Waals surface area contributed by atoms with Gasteiger partial charge in [-0.25, -0.2) is 4.98 Å². The number of aromatic nitrogens is 2. The lowest BCUT2D eigenvalue weighted by atomic mass is 10.0. The minimum Gasteiger partial charge on any atom is -0.337 e. The SMILES string of the molecule is Cc1c(C(=O)N2C[C@H]3CNC[C@H]3C2)sc2nc3n(c(=O)c12)CCCCC3. The largest absolute Gasteiger partial charge is 0.337 e. The van der Waals surface area contributed by atoms with Gasteiger partial charge in [0, 0.05) is 39.1 Å². The first-order valence-electron chi connectivity index (χ1n) is 9.66. The molecule has 0 aromatic carbocycles. The summed E-state index contributed by atoms with van der Waals surface area (Å²) < 4.78 is 1.84. The zero-order valence-electron chi connectivity index (χ0n) is 15.1. The number of hydrogen-bond donors (Lipinski definition) is 1. The average molecular weight is 372 g/mol. The lowest BCUT2D eigenvalue weighted by Gasteiger charge is -2.17. The van der Waals surface area contributed by atoms with Crippen molar-refractivity contribution in [3.8, 4) is 0 Å². The second kappa shape index (κ2) is 6.16. The molecule has 0 unspecified atom stereocenters. The van der Waals surface area contributed by atoms with Gasteiger partial charge in [0.1, 0.15) is 10.7 Å². The van der Waals surface area contributed by atoms with Crippen LogP contribution in [0, 0.1) is 18.8 Å². The number of rotatable bonds is 1. The van der Waals surface area contributed by atoms with E-state index in [1.807, 2.05) is 16.4 Å². The predicted octanol–water partition coefficient (Wildman–Crippen LogP) is 1.78. The topological polar surface area (TPSA) is 67.2 Å². The quantitative estimate of drug-likeness (QED) is 0.829. The monoisotopic (exact) mass is 372 g/mol. The van der Waals surface area contributed by atoms with E-state index >= 15 is 0 Å². The van der Waals surface area contributed by atoms with E-state index < -0.39 is 0 Å². The van der Waals surface area contributed by atoms with Gasteiger partial charge in [-0.3, -0.25) is 14.2 Å². The fourth-order valence-corrected chi connectivity index (χ4v) is 5.94. The molecule has 1 amide bonds. The van der Waals surface area contributed by atoms with E-state index in [1.165, 1.54) is 11.3 Å². The number of aryl methyl sites for hydroxylation is 2. The van der Waals surface area contributed by atoms with Gasteiger partial charge in [-0.15, -0.1) is 11.3 Å². The Morgan fingerprint density at radius 1 is 1.19 bits per heavy atom. The summed E-state index contributed by atoms with van der Waals surface area (Å²) in [6.45, 7) is 6.33. The number of nitrogens with one attached hydrogen (secondary N) is 1. The van der Waals surface area contributed by atoms with E-state index in [-0.39, 0.29) is 11.5 Å². The molecule has 3 aliphatic heterocycles. The lowest BCUT2D eigenvalue weighted by molar-refractivity contribution is 0.0786. The van der Waals surface area contributed by atoms with Crippen molar-refractivity contribution in [3.63, 3.8) is 0 Å². The summed E-state index contributed by atoms with van der Waals surface area (Å²) in [5.41, 5.74) is 0.865. The summed E-state index contributed by atoms with van der Waals surface area (Å²) in [6, 6.07) is 0. The molecule has 138 valence electrons. The van der Waals surface area contributed by atoms with E-state index in [9.17, 15) is 9.59 Å². The Labute approximate surface area is 156 Å². The van der Waals surface area contributed by atoms with Gasteiger partial charge < -0.3 is 10.2 Å². The van der Waals surface area contributed by atoms with Gasteiger partial charge >= 0.3 is 0 Å². The van der Waals surface area contributed by atoms with Crippen LogP contribution < -0.4 is 10.9 Å². The smallest absolute Gasteiger partial charge is 0.264 e. The number of carbonyl (C=O) groups excluding carboxylic acids is 1. The molecule has 5 rings (SSSR count). The van der Waals surface area contributed by atoms with Crippen molar-refractivity contribution in [2.75, 3.05) is 26.2 Å². The number of hydrogen-bond acceptors (Lipinski definition) is 5. The van der Waals surface area contributed by atoms with Crippen molar-refractivity contribution in [1.29, 1.82) is 0 Å². The number of likely N-dealkylation sites (tertiary alicyclic amines) is 1. The van der Waals surface area contributed by atoms with Crippen LogP contribution in [-0.2, 0) is 13.0 Å². The molecule has 2 aromatic heterocycles. The second-order valence-corrected chi connectivity index (χ2v) is 8.92. The number of fused-ring (bicyclic) bond motifs is 3. The van der Waals surface area contributed by atoms with Crippen molar-refractivity contribution in [2.24, 2.45) is 11.8 Å². The molecule has 0 aliphatic carbocycles. The lowest BCUT2D eigenvalue weighted by Crippen LogP contribution is -2.31. The highest BCUT2D eigenvalue weighted by Crippen LogP contribution is 2.33. The molecule has 2 atom stereocenters. The van der Waals surface area contributed by atoms with Crippen LogP contribution in [0.25, 0.3) is 10.2 Å². The fourth-order valence-electron chi connectivity index (χ4n) is 4.78. The molecule has 0 spiro atoms. The summed E-state index contributed by atoms with van der Waals surface area (Å²) in [7, 11) is 0. The van der Waals surface area contributed by atoms with E-state index in [2.05, 4.69) is 5.32 Å². The van der Waals surface area contributed by atoms with E-state index in [4.69, 9.17) is 4.98 Å². The minimum atomic E-state index is 0.0437. The molecule has 0 saturated carbocycles. The molecule has 0 bridgehead atoms. The summed E-state index contributed by atoms with van der Waals surface area (Å²) in [5, 5.41) is 4.07. The Morgan fingerprint density at radius 2 is 1.96 bits per heavy atom. The van der Waals surface area contributed by atoms with E-state index in [0.29, 0.717) is 22.1 Å². The number of carbonyl (C=O) groups is 1. The van der Waals surface area contributed by atoms with Crippen LogP contribution in [0.4, 0.5) is 0 Å². The summed E-state index contributed by atoms with van der Waals surface area (Å²) in [4.78, 5) is 34.4. The third-order valence-corrected chi connectivity index (χ3v) is 7.46. The zero-order chi connectivity index (χ0) is 17.8. The highest BCUT2D eigenvalue weighted by molar-refractivity contribution is 7.20. The van der Waals surface area contributed by atoms with Crippen LogP contribution in [-0.4, -0.2) is 46.5 Å². The van der Waals surface area contributed by atoms with Crippen molar-refractivity contribution in [1.82, 2.24) is 19.8 Å². The predicted molar refractivity (Wildman–Crippen MR) is 102 cm³/mol. The van der Waals surface area contributed by atoms with Crippen molar-refractivity contribution >= 4 is 27.5 Å². The van der Waals surface area contributed by atoms with Crippen LogP contribution in [0.15, 0.2) is 4.79 Å². The Morgan fingerprint density at radius 3 is 2.73 bits per heavy atom. The molecule has 5 heterocycles. The third-order valence-electron chi connectivity index (χ3n) is 6.28. The van der Waals surface area contributed by atoms with Gasteiger partial charge in [-0.2, -0.15) is 0 Å². The first kappa shape index (κ1) is 16.4. The van der Waals surface area contributed by atoms with E-state index in [0.717, 1.165) is 74.6 Å². The van der Waals surface area contributed by atoms with Gasteiger partial charge in [-0.1, -0.05) is 6.42 Å². The zero-order valence-corrected chi connectivity index (χ0v) is 15.9. The normalized spacial score (nSPS) is 25.3. The van der Waals surface area contributed by atoms with Crippen molar-refractivity contribution in [2.45, 2.75) is 39.2 Å². The van der Waals surface area contributed by atoms with Crippen molar-refractivity contribution < 1.29 is 4.79 Å². The average Bonchev–Trinajstić information content (AvgIpc) is 3.24. The molecule has 0 radical (unpaired) electrons. The molecule has 3 aliphatic rings. The van der Waals surface area contributed by atoms with Gasteiger partial charge in [-0.05, 0) is 37.2 Å². The molecular weight excluding hydrogens is 348 g/mol. The molecule has 7 heteroatoms. The van der Waals surface area contributed by atoms with Gasteiger partial charge in [0.25, 0.3) is 11.5 Å². The maximum Gasteiger partial charge on any atom is 0.264 e. The van der Waals surface area contributed by atoms with E-state index in [1.54, 1.807) is 0 Å². The molecule has 6 nitrogen and oxygen atoms in total. The maximum absolute atomic E-state index is 13.1. The van der Waals surface area contributed by atoms with Gasteiger partial charge in [0.05, 0.1) is 10.3 Å². The Kier molecular flexibility index (Phi) is 3.90. The first-order chi connectivity index (χ1) is 12.6. The summed E-state index contributed by atoms with van der Waals surface area (Å²) in [5.74, 6) is 2.13. The second-order valence-electron chi connectivity index (χ2n) is 7.92. The fraction of sp³-hybridized carbons (Fsp3) is 0.632. The molecule has 2 fully saturated rings. The Bertz CT molecular complexity index is 935. The van der Waals surface area contributed by atoms with Crippen LogP contribution in [0.1, 0.15) is 40.3 Å². The number of thiophene rings is 1. The highest BCUT2D eigenvalue weighted by atomic mass is 32.1. The van der Waals surface area contributed by atoms with Gasteiger partial charge in [0.15, 0.2) is 0 Å². The number of amides is 1. The molecule has 2 aromatic rings. The van der Waals surface area contributed by atoms with Crippen LogP contribution in [0.3, 0.4) is 0 Å². The molecular formula is C19H24N4O2S. The number of nitrogens with zero attached hydrogens (tertiary/aromatic N) is 3. The Balaban J connectivity index is 1.55. The highest BCUT2D eigenvalue weighted by Gasteiger charge is 2.39. The third kappa shape index (κ3) is 2.44. The van der Waals surface area contributed by atoms with Crippen LogP contribution in [0.2, 0.25) is 0 Å². The summed E-state index contributed by atoms with van der Waals surface area (Å²) >= 11 is 1.41.